The molecule has 3 aliphatic rings. The van der Waals surface area contributed by atoms with E-state index >= 15 is 0 Å². The van der Waals surface area contributed by atoms with Crippen LogP contribution in [0.15, 0.2) is 0 Å². The molecule has 1 aliphatic heterocycles. The summed E-state index contributed by atoms with van der Waals surface area (Å²) in [5, 5.41) is 0. The molecule has 0 aromatic carbocycles. The van der Waals surface area contributed by atoms with E-state index in [0.717, 1.165) is 25.7 Å². The molecule has 0 aromatic heterocycles. The van der Waals surface area contributed by atoms with Crippen molar-refractivity contribution in [1.29, 1.82) is 0 Å². The van der Waals surface area contributed by atoms with Gasteiger partial charge in [-0.25, -0.2) is 0 Å². The molecule has 1 heterocycles. The van der Waals surface area contributed by atoms with Gasteiger partial charge in [0.15, 0.2) is 0 Å². The lowest BCUT2D eigenvalue weighted by molar-refractivity contribution is -0.153. The van der Waals surface area contributed by atoms with Gasteiger partial charge in [-0.15, -0.1) is 0 Å². The van der Waals surface area contributed by atoms with Crippen LogP contribution in [0.2, 0.25) is 19.6 Å². The van der Waals surface area contributed by atoms with E-state index in [4.69, 9.17) is 9.16 Å². The Morgan fingerprint density at radius 1 is 1.18 bits per heavy atom. The van der Waals surface area contributed by atoms with Crippen LogP contribution in [0, 0.1) is 11.8 Å². The van der Waals surface area contributed by atoms with Gasteiger partial charge in [0.1, 0.15) is 5.72 Å². The molecule has 0 bridgehead atoms. The third-order valence-corrected chi connectivity index (χ3v) is 5.63. The molecule has 0 radical (unpaired) electrons. The maximum Gasteiger partial charge on any atom is 0.296 e. The molecule has 6 heteroatoms. The molecule has 124 valence electrons. The molecule has 22 heavy (non-hydrogen) atoms. The normalized spacial score (nSPS) is 33.3. The van der Waals surface area contributed by atoms with Crippen molar-refractivity contribution in [1.82, 2.24) is 4.90 Å². The van der Waals surface area contributed by atoms with Crippen LogP contribution in [-0.4, -0.2) is 43.5 Å². The minimum atomic E-state index is -1.88. The SMILES string of the molecule is CC1CN(C(=O)C2CC2C(=O)O[Si](C)(C)C)C2(CCCC2)O1. The molecule has 3 rings (SSSR count). The Morgan fingerprint density at radius 2 is 1.82 bits per heavy atom. The predicted molar refractivity (Wildman–Crippen MR) is 84.5 cm³/mol. The summed E-state index contributed by atoms with van der Waals surface area (Å²) in [6, 6.07) is 0. The van der Waals surface area contributed by atoms with E-state index in [0.29, 0.717) is 13.0 Å². The molecular weight excluding hydrogens is 298 g/mol. The van der Waals surface area contributed by atoms with E-state index in [1.165, 1.54) is 0 Å². The fraction of sp³-hybridized carbons (Fsp3) is 0.875. The summed E-state index contributed by atoms with van der Waals surface area (Å²) < 4.78 is 11.6. The van der Waals surface area contributed by atoms with Crippen molar-refractivity contribution in [3.05, 3.63) is 0 Å². The molecule has 3 unspecified atom stereocenters. The van der Waals surface area contributed by atoms with Crippen LogP contribution in [0.4, 0.5) is 0 Å². The Bertz CT molecular complexity index is 481. The molecule has 0 N–H and O–H groups in total. The molecule has 2 aliphatic carbocycles. The number of hydrogen-bond acceptors (Lipinski definition) is 4. The molecule has 1 saturated heterocycles. The second-order valence-corrected chi connectivity index (χ2v) is 12.4. The lowest BCUT2D eigenvalue weighted by atomic mass is 10.1. The van der Waals surface area contributed by atoms with Crippen LogP contribution in [0.3, 0.4) is 0 Å². The van der Waals surface area contributed by atoms with E-state index in [9.17, 15) is 9.59 Å². The van der Waals surface area contributed by atoms with Crippen LogP contribution >= 0.6 is 0 Å². The molecular formula is C16H27NO4Si. The summed E-state index contributed by atoms with van der Waals surface area (Å²) in [6.45, 7) is 8.66. The van der Waals surface area contributed by atoms with Crippen molar-refractivity contribution in [2.75, 3.05) is 6.54 Å². The number of nitrogens with zero attached hydrogens (tertiary/aromatic N) is 1. The highest BCUT2D eigenvalue weighted by molar-refractivity contribution is 6.71. The van der Waals surface area contributed by atoms with E-state index in [-0.39, 0.29) is 35.5 Å². The first-order valence-corrected chi connectivity index (χ1v) is 11.8. The lowest BCUT2D eigenvalue weighted by Gasteiger charge is -2.33. The molecule has 3 fully saturated rings. The number of ether oxygens (including phenoxy) is 1. The van der Waals surface area contributed by atoms with Crippen molar-refractivity contribution in [2.24, 2.45) is 11.8 Å². The minimum absolute atomic E-state index is 0.0909. The van der Waals surface area contributed by atoms with E-state index in [1.807, 2.05) is 31.5 Å². The fourth-order valence-electron chi connectivity index (χ4n) is 3.81. The molecule has 1 spiro atoms. The summed E-state index contributed by atoms with van der Waals surface area (Å²) in [7, 11) is -1.88. The van der Waals surface area contributed by atoms with Crippen LogP contribution in [0.1, 0.15) is 39.0 Å². The zero-order valence-electron chi connectivity index (χ0n) is 14.1. The quantitative estimate of drug-likeness (QED) is 0.748. The minimum Gasteiger partial charge on any atom is -0.520 e. The van der Waals surface area contributed by atoms with Crippen LogP contribution in [0.25, 0.3) is 0 Å². The van der Waals surface area contributed by atoms with Gasteiger partial charge in [0, 0.05) is 6.54 Å². The number of carbonyl (C=O) groups is 2. The number of hydrogen-bond donors (Lipinski definition) is 0. The molecule has 5 nitrogen and oxygen atoms in total. The second kappa shape index (κ2) is 5.34. The summed E-state index contributed by atoms with van der Waals surface area (Å²) in [5.74, 6) is -0.487. The Labute approximate surface area is 133 Å². The Kier molecular flexibility index (Phi) is 3.88. The van der Waals surface area contributed by atoms with Gasteiger partial charge in [-0.3, -0.25) is 9.59 Å². The van der Waals surface area contributed by atoms with Crippen molar-refractivity contribution >= 4 is 20.2 Å². The van der Waals surface area contributed by atoms with Gasteiger partial charge in [0.25, 0.3) is 5.97 Å². The Hall–Kier alpha value is -0.883. The zero-order chi connectivity index (χ0) is 16.1. The van der Waals surface area contributed by atoms with Gasteiger partial charge in [0.05, 0.1) is 17.9 Å². The van der Waals surface area contributed by atoms with E-state index in [2.05, 4.69) is 0 Å². The molecule has 2 saturated carbocycles. The number of amides is 1. The molecule has 0 aromatic rings. The highest BCUT2D eigenvalue weighted by Gasteiger charge is 2.57. The van der Waals surface area contributed by atoms with Crippen molar-refractivity contribution in [3.63, 3.8) is 0 Å². The van der Waals surface area contributed by atoms with E-state index < -0.39 is 8.32 Å². The average Bonchev–Trinajstić information content (AvgIpc) is 2.97. The first-order valence-electron chi connectivity index (χ1n) is 8.44. The van der Waals surface area contributed by atoms with Crippen LogP contribution in [0.5, 0.6) is 0 Å². The standard InChI is InChI=1S/C16H27NO4Si/c1-11-10-17(16(20-11)7-5-6-8-16)14(18)12-9-13(12)15(19)21-22(2,3)4/h11-13H,5-10H2,1-4H3. The Balaban J connectivity index is 1.64. The topological polar surface area (TPSA) is 55.8 Å². The molecule has 3 atom stereocenters. The largest absolute Gasteiger partial charge is 0.520 e. The van der Waals surface area contributed by atoms with Gasteiger partial charge >= 0.3 is 0 Å². The summed E-state index contributed by atoms with van der Waals surface area (Å²) in [6.07, 6.45) is 4.82. The van der Waals surface area contributed by atoms with Gasteiger partial charge in [-0.2, -0.15) is 0 Å². The molecule has 1 amide bonds. The maximum absolute atomic E-state index is 12.8. The van der Waals surface area contributed by atoms with Gasteiger partial charge in [-0.1, -0.05) is 0 Å². The number of rotatable bonds is 3. The van der Waals surface area contributed by atoms with Crippen LogP contribution in [-0.2, 0) is 18.8 Å². The van der Waals surface area contributed by atoms with Crippen molar-refractivity contribution in [2.45, 2.75) is 70.5 Å². The highest BCUT2D eigenvalue weighted by Crippen LogP contribution is 2.47. The first kappa shape index (κ1) is 16.0. The van der Waals surface area contributed by atoms with Crippen molar-refractivity contribution < 1.29 is 18.8 Å². The van der Waals surface area contributed by atoms with Crippen molar-refractivity contribution in [3.8, 4) is 0 Å². The smallest absolute Gasteiger partial charge is 0.296 e. The first-order chi connectivity index (χ1) is 10.2. The summed E-state index contributed by atoms with van der Waals surface area (Å²) >= 11 is 0. The highest BCUT2D eigenvalue weighted by atomic mass is 28.4. The predicted octanol–water partition coefficient (Wildman–Crippen LogP) is 2.52. The number of carbonyl (C=O) groups excluding carboxylic acids is 2. The second-order valence-electron chi connectivity index (χ2n) is 8.01. The van der Waals surface area contributed by atoms with Gasteiger partial charge in [0.2, 0.25) is 14.2 Å². The lowest BCUT2D eigenvalue weighted by Crippen LogP contribution is -2.47. The van der Waals surface area contributed by atoms with E-state index in [1.54, 1.807) is 0 Å². The van der Waals surface area contributed by atoms with Gasteiger partial charge < -0.3 is 14.1 Å². The fourth-order valence-corrected chi connectivity index (χ4v) is 4.57. The maximum atomic E-state index is 12.8. The van der Waals surface area contributed by atoms with Crippen LogP contribution < -0.4 is 0 Å². The summed E-state index contributed by atoms with van der Waals surface area (Å²) in [4.78, 5) is 26.9. The third kappa shape index (κ3) is 2.95. The summed E-state index contributed by atoms with van der Waals surface area (Å²) in [5.41, 5.74) is -0.383. The average molecular weight is 325 g/mol. The zero-order valence-corrected chi connectivity index (χ0v) is 15.1. The van der Waals surface area contributed by atoms with Gasteiger partial charge in [-0.05, 0) is 58.7 Å². The monoisotopic (exact) mass is 325 g/mol. The Morgan fingerprint density at radius 3 is 2.41 bits per heavy atom. The third-order valence-electron chi connectivity index (χ3n) is 4.82.